The summed E-state index contributed by atoms with van der Waals surface area (Å²) >= 11 is 0. The lowest BCUT2D eigenvalue weighted by molar-refractivity contribution is -0.419. The standard InChI is InChI=1S/C5H8F4O5S/c1-3(2)13-5(9,4(6,7)8)14-15(10,11)12/h3H,1-2H3,(H,10,11,12). The van der Waals surface area contributed by atoms with Gasteiger partial charge in [0, 0.05) is 0 Å². The van der Waals surface area contributed by atoms with Crippen LogP contribution in [0.2, 0.25) is 0 Å². The molecule has 0 rings (SSSR count). The number of alkyl halides is 4. The monoisotopic (exact) mass is 256 g/mol. The molecule has 0 heterocycles. The van der Waals surface area contributed by atoms with Gasteiger partial charge >= 0.3 is 22.6 Å². The fraction of sp³-hybridized carbons (Fsp3) is 1.00. The van der Waals surface area contributed by atoms with E-state index in [4.69, 9.17) is 4.55 Å². The fourth-order valence-corrected chi connectivity index (χ4v) is 0.977. The molecular weight excluding hydrogens is 248 g/mol. The number of rotatable bonds is 4. The van der Waals surface area contributed by atoms with Crippen molar-refractivity contribution in [2.45, 2.75) is 32.2 Å². The highest BCUT2D eigenvalue weighted by molar-refractivity contribution is 7.80. The molecule has 0 amide bonds. The highest BCUT2D eigenvalue weighted by Gasteiger charge is 2.63. The molecule has 0 aromatic rings. The van der Waals surface area contributed by atoms with E-state index in [2.05, 4.69) is 8.92 Å². The maximum atomic E-state index is 12.9. The molecule has 0 aliphatic carbocycles. The van der Waals surface area contributed by atoms with E-state index in [0.717, 1.165) is 13.8 Å². The summed E-state index contributed by atoms with van der Waals surface area (Å²) in [6.45, 7) is 2.04. The van der Waals surface area contributed by atoms with Crippen LogP contribution < -0.4 is 0 Å². The largest absolute Gasteiger partial charge is 0.479 e. The number of ether oxygens (including phenoxy) is 1. The molecule has 0 spiro atoms. The van der Waals surface area contributed by atoms with Crippen molar-refractivity contribution in [3.63, 3.8) is 0 Å². The highest BCUT2D eigenvalue weighted by Crippen LogP contribution is 2.38. The number of hydrogen-bond donors (Lipinski definition) is 1. The van der Waals surface area contributed by atoms with E-state index in [-0.39, 0.29) is 0 Å². The Morgan fingerprint density at radius 3 is 1.80 bits per heavy atom. The van der Waals surface area contributed by atoms with E-state index in [9.17, 15) is 26.0 Å². The van der Waals surface area contributed by atoms with Gasteiger partial charge in [0.15, 0.2) is 0 Å². The van der Waals surface area contributed by atoms with E-state index in [1.807, 2.05) is 0 Å². The van der Waals surface area contributed by atoms with Crippen molar-refractivity contribution < 1.29 is 39.5 Å². The maximum absolute atomic E-state index is 12.9. The van der Waals surface area contributed by atoms with Gasteiger partial charge < -0.3 is 4.74 Å². The molecule has 0 aliphatic heterocycles. The molecule has 1 atom stereocenters. The third-order valence-corrected chi connectivity index (χ3v) is 1.36. The Kier molecular flexibility index (Phi) is 4.07. The van der Waals surface area contributed by atoms with E-state index in [0.29, 0.717) is 0 Å². The zero-order valence-electron chi connectivity index (χ0n) is 7.58. The van der Waals surface area contributed by atoms with Crippen LogP contribution in [0.25, 0.3) is 0 Å². The summed E-state index contributed by atoms with van der Waals surface area (Å²) < 4.78 is 83.3. The summed E-state index contributed by atoms with van der Waals surface area (Å²) in [6.07, 6.45) is -7.06. The second-order valence-electron chi connectivity index (χ2n) is 2.71. The van der Waals surface area contributed by atoms with E-state index >= 15 is 0 Å². The van der Waals surface area contributed by atoms with Crippen molar-refractivity contribution in [1.29, 1.82) is 0 Å². The molecule has 1 unspecified atom stereocenters. The average Bonchev–Trinajstić information content (AvgIpc) is 1.75. The van der Waals surface area contributed by atoms with Crippen LogP contribution in [0.1, 0.15) is 13.8 Å². The van der Waals surface area contributed by atoms with Crippen LogP contribution in [-0.2, 0) is 19.3 Å². The summed E-state index contributed by atoms with van der Waals surface area (Å²) in [7, 11) is -5.63. The van der Waals surface area contributed by atoms with Gasteiger partial charge in [-0.05, 0) is 13.8 Å². The first-order valence-corrected chi connectivity index (χ1v) is 4.85. The molecule has 0 radical (unpaired) electrons. The first kappa shape index (κ1) is 14.6. The van der Waals surface area contributed by atoms with Gasteiger partial charge in [0.05, 0.1) is 6.10 Å². The van der Waals surface area contributed by atoms with Crippen LogP contribution in [0.3, 0.4) is 0 Å². The molecule has 0 fully saturated rings. The summed E-state index contributed by atoms with van der Waals surface area (Å²) in [5.74, 6) is 0. The van der Waals surface area contributed by atoms with Gasteiger partial charge in [0.1, 0.15) is 0 Å². The minimum atomic E-state index is -5.76. The lowest BCUT2D eigenvalue weighted by atomic mass is 10.4. The Bertz CT molecular complexity index is 310. The first-order valence-electron chi connectivity index (χ1n) is 3.49. The topological polar surface area (TPSA) is 72.8 Å². The molecule has 0 aromatic carbocycles. The predicted octanol–water partition coefficient (Wildman–Crippen LogP) is 1.42. The maximum Gasteiger partial charge on any atom is 0.479 e. The predicted molar refractivity (Wildman–Crippen MR) is 38.7 cm³/mol. The second kappa shape index (κ2) is 4.20. The van der Waals surface area contributed by atoms with Crippen LogP contribution in [0.4, 0.5) is 17.6 Å². The molecule has 1 N–H and O–H groups in total. The minimum Gasteiger partial charge on any atom is -0.313 e. The van der Waals surface area contributed by atoms with Gasteiger partial charge in [-0.1, -0.05) is 0 Å². The lowest BCUT2D eigenvalue weighted by Gasteiger charge is -2.26. The minimum absolute atomic E-state index is 1.02. The molecule has 0 aliphatic rings. The summed E-state index contributed by atoms with van der Waals surface area (Å²) in [4.78, 5) is 0. The molecule has 5 nitrogen and oxygen atoms in total. The molecule has 0 saturated carbocycles. The van der Waals surface area contributed by atoms with Crippen molar-refractivity contribution in [1.82, 2.24) is 0 Å². The Morgan fingerprint density at radius 2 is 1.60 bits per heavy atom. The molecule has 0 saturated heterocycles. The molecule has 10 heteroatoms. The van der Waals surface area contributed by atoms with Crippen LogP contribution in [0, 0.1) is 0 Å². The quantitative estimate of drug-likeness (QED) is 0.468. The SMILES string of the molecule is CC(C)OC(F)(OS(=O)(=O)O)C(F)(F)F. The van der Waals surface area contributed by atoms with Crippen LogP contribution in [0.5, 0.6) is 0 Å². The fourth-order valence-electron chi connectivity index (χ4n) is 0.572. The summed E-state index contributed by atoms with van der Waals surface area (Å²) in [5.41, 5.74) is 0. The number of halogens is 4. The molecule has 0 bridgehead atoms. The average molecular weight is 256 g/mol. The van der Waals surface area contributed by atoms with Crippen molar-refractivity contribution in [2.24, 2.45) is 0 Å². The van der Waals surface area contributed by atoms with Gasteiger partial charge in [-0.3, -0.25) is 4.55 Å². The van der Waals surface area contributed by atoms with Gasteiger partial charge in [0.2, 0.25) is 0 Å². The Morgan fingerprint density at radius 1 is 1.20 bits per heavy atom. The second-order valence-corrected chi connectivity index (χ2v) is 3.73. The van der Waals surface area contributed by atoms with Crippen LogP contribution in [0.15, 0.2) is 0 Å². The van der Waals surface area contributed by atoms with Gasteiger partial charge in [-0.15, -0.1) is 0 Å². The zero-order valence-corrected chi connectivity index (χ0v) is 8.39. The zero-order chi connectivity index (χ0) is 12.5. The third kappa shape index (κ3) is 4.73. The molecular formula is C5H8F4O5S. The summed E-state index contributed by atoms with van der Waals surface area (Å²) in [5, 5.41) is 0. The molecule has 92 valence electrons. The van der Waals surface area contributed by atoms with Crippen LogP contribution in [-0.4, -0.2) is 31.3 Å². The Balaban J connectivity index is 5.05. The Labute approximate surface area is 82.9 Å². The number of hydrogen-bond acceptors (Lipinski definition) is 4. The molecule has 15 heavy (non-hydrogen) atoms. The summed E-state index contributed by atoms with van der Waals surface area (Å²) in [6, 6.07) is -4.89. The van der Waals surface area contributed by atoms with Crippen molar-refractivity contribution >= 4 is 10.4 Å². The van der Waals surface area contributed by atoms with Gasteiger partial charge in [-0.25, -0.2) is 0 Å². The first-order chi connectivity index (χ1) is 6.37. The highest BCUT2D eigenvalue weighted by atomic mass is 32.3. The van der Waals surface area contributed by atoms with Crippen molar-refractivity contribution in [3.8, 4) is 0 Å². The lowest BCUT2D eigenvalue weighted by Crippen LogP contribution is -2.48. The molecule has 0 aromatic heterocycles. The van der Waals surface area contributed by atoms with Crippen LogP contribution >= 0.6 is 0 Å². The third-order valence-electron chi connectivity index (χ3n) is 0.938. The smallest absolute Gasteiger partial charge is 0.313 e. The normalized spacial score (nSPS) is 17.9. The Hall–Kier alpha value is -0.450. The van der Waals surface area contributed by atoms with Crippen molar-refractivity contribution in [3.05, 3.63) is 0 Å². The van der Waals surface area contributed by atoms with E-state index in [1.165, 1.54) is 0 Å². The van der Waals surface area contributed by atoms with E-state index < -0.39 is 28.7 Å². The van der Waals surface area contributed by atoms with Crippen molar-refractivity contribution in [2.75, 3.05) is 0 Å². The van der Waals surface area contributed by atoms with Gasteiger partial charge in [0.25, 0.3) is 0 Å². The van der Waals surface area contributed by atoms with Gasteiger partial charge in [-0.2, -0.15) is 30.2 Å². The van der Waals surface area contributed by atoms with E-state index in [1.54, 1.807) is 0 Å².